The van der Waals surface area contributed by atoms with Crippen LogP contribution in [0.5, 0.6) is 0 Å². The number of hydrogen-bond donors (Lipinski definition) is 1. The number of hydrogen-bond acceptors (Lipinski definition) is 5. The average molecular weight is 260 g/mol. The third kappa shape index (κ3) is 3.01. The van der Waals surface area contributed by atoms with Crippen LogP contribution in [-0.4, -0.2) is 53.2 Å². The summed E-state index contributed by atoms with van der Waals surface area (Å²) >= 11 is 0. The summed E-state index contributed by atoms with van der Waals surface area (Å²) in [6.45, 7) is 4.61. The van der Waals surface area contributed by atoms with Crippen LogP contribution in [0, 0.1) is 11.3 Å². The zero-order valence-electron chi connectivity index (χ0n) is 10.8. The van der Waals surface area contributed by atoms with E-state index in [4.69, 9.17) is 10.4 Å². The second-order valence-corrected chi connectivity index (χ2v) is 4.55. The minimum atomic E-state index is -0.787. The SMILES string of the molecule is CC(C(=O)O)N1CCN(c2ccc(C#N)cn2)CC1. The van der Waals surface area contributed by atoms with E-state index in [9.17, 15) is 4.79 Å². The second kappa shape index (κ2) is 5.67. The lowest BCUT2D eigenvalue weighted by molar-refractivity contribution is -0.142. The van der Waals surface area contributed by atoms with Crippen LogP contribution in [0.1, 0.15) is 12.5 Å². The summed E-state index contributed by atoms with van der Waals surface area (Å²) in [6, 6.07) is 5.16. The van der Waals surface area contributed by atoms with Gasteiger partial charge >= 0.3 is 5.97 Å². The van der Waals surface area contributed by atoms with Crippen molar-refractivity contribution in [3.63, 3.8) is 0 Å². The summed E-state index contributed by atoms with van der Waals surface area (Å²) < 4.78 is 0. The summed E-state index contributed by atoms with van der Waals surface area (Å²) in [6.07, 6.45) is 1.56. The molecular formula is C13H16N4O2. The Hall–Kier alpha value is -2.13. The number of carbonyl (C=O) groups is 1. The lowest BCUT2D eigenvalue weighted by atomic mass is 10.2. The fraction of sp³-hybridized carbons (Fsp3) is 0.462. The van der Waals surface area contributed by atoms with Gasteiger partial charge in [-0.1, -0.05) is 0 Å². The molecule has 0 saturated carbocycles. The Morgan fingerprint density at radius 2 is 2.11 bits per heavy atom. The number of anilines is 1. The van der Waals surface area contributed by atoms with Crippen LogP contribution in [0.25, 0.3) is 0 Å². The summed E-state index contributed by atoms with van der Waals surface area (Å²) in [7, 11) is 0. The number of aliphatic carboxylic acids is 1. The third-order valence-corrected chi connectivity index (χ3v) is 3.42. The predicted molar refractivity (Wildman–Crippen MR) is 69.8 cm³/mol. The van der Waals surface area contributed by atoms with Crippen molar-refractivity contribution >= 4 is 11.8 Å². The molecule has 1 atom stereocenters. The van der Waals surface area contributed by atoms with Crippen molar-refractivity contribution in [2.24, 2.45) is 0 Å². The van der Waals surface area contributed by atoms with Crippen LogP contribution in [0.3, 0.4) is 0 Å². The zero-order chi connectivity index (χ0) is 13.8. The molecule has 19 heavy (non-hydrogen) atoms. The lowest BCUT2D eigenvalue weighted by Crippen LogP contribution is -2.51. The number of carboxylic acid groups (broad SMARTS) is 1. The summed E-state index contributed by atoms with van der Waals surface area (Å²) in [4.78, 5) is 19.2. The van der Waals surface area contributed by atoms with Gasteiger partial charge in [-0.2, -0.15) is 5.26 Å². The van der Waals surface area contributed by atoms with Crippen LogP contribution >= 0.6 is 0 Å². The van der Waals surface area contributed by atoms with E-state index in [0.29, 0.717) is 18.7 Å². The van der Waals surface area contributed by atoms with Gasteiger partial charge in [0.15, 0.2) is 0 Å². The minimum Gasteiger partial charge on any atom is -0.480 e. The molecule has 1 aromatic heterocycles. The monoisotopic (exact) mass is 260 g/mol. The van der Waals surface area contributed by atoms with Crippen LogP contribution < -0.4 is 4.90 Å². The zero-order valence-corrected chi connectivity index (χ0v) is 10.8. The first-order valence-electron chi connectivity index (χ1n) is 6.20. The Labute approximate surface area is 111 Å². The lowest BCUT2D eigenvalue weighted by Gasteiger charge is -2.37. The van der Waals surface area contributed by atoms with Crippen molar-refractivity contribution < 1.29 is 9.90 Å². The number of piperazine rings is 1. The summed E-state index contributed by atoms with van der Waals surface area (Å²) in [5, 5.41) is 17.7. The maximum Gasteiger partial charge on any atom is 0.320 e. The van der Waals surface area contributed by atoms with Crippen molar-refractivity contribution in [3.8, 4) is 6.07 Å². The minimum absolute atomic E-state index is 0.448. The van der Waals surface area contributed by atoms with Crippen molar-refractivity contribution in [1.82, 2.24) is 9.88 Å². The van der Waals surface area contributed by atoms with Crippen LogP contribution in [0.4, 0.5) is 5.82 Å². The smallest absolute Gasteiger partial charge is 0.320 e. The molecule has 6 nitrogen and oxygen atoms in total. The molecule has 2 rings (SSSR count). The molecule has 0 aromatic carbocycles. The molecule has 1 aliphatic rings. The number of nitrogens with zero attached hydrogens (tertiary/aromatic N) is 4. The quantitative estimate of drug-likeness (QED) is 0.854. The largest absolute Gasteiger partial charge is 0.480 e. The van der Waals surface area contributed by atoms with Gasteiger partial charge < -0.3 is 10.0 Å². The molecule has 1 aliphatic heterocycles. The second-order valence-electron chi connectivity index (χ2n) is 4.55. The molecule has 2 heterocycles. The number of carboxylic acids is 1. The average Bonchev–Trinajstić information content (AvgIpc) is 2.46. The highest BCUT2D eigenvalue weighted by Crippen LogP contribution is 2.15. The first-order valence-corrected chi connectivity index (χ1v) is 6.20. The van der Waals surface area contributed by atoms with E-state index >= 15 is 0 Å². The van der Waals surface area contributed by atoms with E-state index in [1.165, 1.54) is 0 Å². The molecule has 0 amide bonds. The molecule has 0 spiro atoms. The van der Waals surface area contributed by atoms with Gasteiger partial charge in [-0.15, -0.1) is 0 Å². The van der Waals surface area contributed by atoms with E-state index in [1.807, 2.05) is 17.0 Å². The Morgan fingerprint density at radius 1 is 1.42 bits per heavy atom. The van der Waals surface area contributed by atoms with Crippen LogP contribution in [0.15, 0.2) is 18.3 Å². The molecule has 6 heteroatoms. The molecule has 1 fully saturated rings. The highest BCUT2D eigenvalue weighted by Gasteiger charge is 2.25. The van der Waals surface area contributed by atoms with E-state index in [-0.39, 0.29) is 0 Å². The highest BCUT2D eigenvalue weighted by atomic mass is 16.4. The Bertz CT molecular complexity index is 486. The standard InChI is InChI=1S/C13H16N4O2/c1-10(13(18)19)16-4-6-17(7-5-16)12-3-2-11(8-14)9-15-12/h2-3,9-10H,4-7H2,1H3,(H,18,19). The Morgan fingerprint density at radius 3 is 2.58 bits per heavy atom. The Kier molecular flexibility index (Phi) is 3.97. The maximum absolute atomic E-state index is 10.9. The predicted octanol–water partition coefficient (Wildman–Crippen LogP) is 0.548. The molecule has 1 unspecified atom stereocenters. The van der Waals surface area contributed by atoms with E-state index in [0.717, 1.165) is 18.9 Å². The van der Waals surface area contributed by atoms with Gasteiger partial charge in [-0.25, -0.2) is 4.98 Å². The van der Waals surface area contributed by atoms with E-state index in [1.54, 1.807) is 19.2 Å². The fourth-order valence-corrected chi connectivity index (χ4v) is 2.13. The fourth-order valence-electron chi connectivity index (χ4n) is 2.13. The molecule has 1 aromatic rings. The molecular weight excluding hydrogens is 244 g/mol. The number of pyridine rings is 1. The van der Waals surface area contributed by atoms with Gasteiger partial charge in [0.1, 0.15) is 17.9 Å². The normalized spacial score (nSPS) is 17.8. The summed E-state index contributed by atoms with van der Waals surface area (Å²) in [5.74, 6) is 0.0478. The van der Waals surface area contributed by atoms with Gasteiger partial charge in [-0.3, -0.25) is 9.69 Å². The topological polar surface area (TPSA) is 80.5 Å². The van der Waals surface area contributed by atoms with E-state index < -0.39 is 12.0 Å². The van der Waals surface area contributed by atoms with Gasteiger partial charge in [-0.05, 0) is 19.1 Å². The van der Waals surface area contributed by atoms with Crippen molar-refractivity contribution in [2.45, 2.75) is 13.0 Å². The first kappa shape index (κ1) is 13.3. The number of aromatic nitrogens is 1. The van der Waals surface area contributed by atoms with Crippen molar-refractivity contribution in [2.75, 3.05) is 31.1 Å². The molecule has 1 saturated heterocycles. The van der Waals surface area contributed by atoms with Crippen molar-refractivity contribution in [1.29, 1.82) is 5.26 Å². The highest BCUT2D eigenvalue weighted by molar-refractivity contribution is 5.72. The van der Waals surface area contributed by atoms with Gasteiger partial charge in [0.25, 0.3) is 0 Å². The Balaban J connectivity index is 1.96. The van der Waals surface area contributed by atoms with Gasteiger partial charge in [0, 0.05) is 32.4 Å². The molecule has 0 aliphatic carbocycles. The number of rotatable bonds is 3. The summed E-state index contributed by atoms with van der Waals surface area (Å²) in [5.41, 5.74) is 0.543. The molecule has 100 valence electrons. The molecule has 0 bridgehead atoms. The third-order valence-electron chi connectivity index (χ3n) is 3.42. The maximum atomic E-state index is 10.9. The number of nitriles is 1. The van der Waals surface area contributed by atoms with E-state index in [2.05, 4.69) is 9.88 Å². The van der Waals surface area contributed by atoms with Crippen LogP contribution in [0.2, 0.25) is 0 Å². The van der Waals surface area contributed by atoms with Crippen molar-refractivity contribution in [3.05, 3.63) is 23.9 Å². The first-order chi connectivity index (χ1) is 9.11. The van der Waals surface area contributed by atoms with Gasteiger partial charge in [0.2, 0.25) is 0 Å². The molecule has 1 N–H and O–H groups in total. The molecule has 0 radical (unpaired) electrons. The van der Waals surface area contributed by atoms with Crippen LogP contribution in [-0.2, 0) is 4.79 Å². The van der Waals surface area contributed by atoms with Gasteiger partial charge in [0.05, 0.1) is 5.56 Å².